The van der Waals surface area contributed by atoms with Crippen LogP contribution >= 0.6 is 0 Å². The van der Waals surface area contributed by atoms with Gasteiger partial charge in [-0.1, -0.05) is 12.8 Å². The molecule has 56 valence electrons. The molecule has 10 heavy (non-hydrogen) atoms. The van der Waals surface area contributed by atoms with Gasteiger partial charge < -0.3 is 5.11 Å². The van der Waals surface area contributed by atoms with Gasteiger partial charge in [-0.3, -0.25) is 0 Å². The van der Waals surface area contributed by atoms with E-state index in [1.54, 1.807) is 0 Å². The average molecular weight is 138 g/mol. The van der Waals surface area contributed by atoms with Crippen molar-refractivity contribution in [2.24, 2.45) is 5.92 Å². The maximum atomic E-state index is 9.40. The second kappa shape index (κ2) is 3.63. The third-order valence-corrected chi connectivity index (χ3v) is 2.25. The first-order chi connectivity index (χ1) is 4.84. The minimum Gasteiger partial charge on any atom is -0.393 e. The quantitative estimate of drug-likeness (QED) is 0.545. The standard InChI is InChI=1S/C9H14O/c1-2-5-8-6-3-4-7-9(8)10/h1,8-10H,3-7H2/t8-,9+/m0/s1. The Labute approximate surface area is 62.4 Å². The molecule has 1 N–H and O–H groups in total. The van der Waals surface area contributed by atoms with Crippen LogP contribution in [-0.4, -0.2) is 11.2 Å². The van der Waals surface area contributed by atoms with Crippen molar-refractivity contribution in [3.05, 3.63) is 0 Å². The minimum absolute atomic E-state index is 0.121. The molecule has 1 aliphatic rings. The maximum absolute atomic E-state index is 9.40. The van der Waals surface area contributed by atoms with Crippen molar-refractivity contribution in [3.8, 4) is 12.3 Å². The number of aliphatic hydroxyl groups is 1. The summed E-state index contributed by atoms with van der Waals surface area (Å²) in [5.74, 6) is 3.00. The largest absolute Gasteiger partial charge is 0.393 e. The second-order valence-electron chi connectivity index (χ2n) is 3.02. The van der Waals surface area contributed by atoms with Crippen LogP contribution in [0.3, 0.4) is 0 Å². The Kier molecular flexibility index (Phi) is 2.77. The van der Waals surface area contributed by atoms with Crippen molar-refractivity contribution in [1.29, 1.82) is 0 Å². The lowest BCUT2D eigenvalue weighted by Gasteiger charge is -2.25. The van der Waals surface area contributed by atoms with Crippen LogP contribution in [0.5, 0.6) is 0 Å². The lowest BCUT2D eigenvalue weighted by Crippen LogP contribution is -2.23. The number of terminal acetylenes is 1. The fourth-order valence-electron chi connectivity index (χ4n) is 1.58. The Morgan fingerprint density at radius 3 is 2.70 bits per heavy atom. The zero-order valence-corrected chi connectivity index (χ0v) is 6.21. The number of hydrogen-bond donors (Lipinski definition) is 1. The molecule has 0 aromatic rings. The van der Waals surface area contributed by atoms with Gasteiger partial charge in [-0.2, -0.15) is 0 Å². The van der Waals surface area contributed by atoms with Gasteiger partial charge >= 0.3 is 0 Å². The maximum Gasteiger partial charge on any atom is 0.0577 e. The first-order valence-electron chi connectivity index (χ1n) is 3.96. The average Bonchev–Trinajstić information content (AvgIpc) is 1.94. The van der Waals surface area contributed by atoms with Gasteiger partial charge in [-0.15, -0.1) is 12.3 Å². The van der Waals surface area contributed by atoms with Crippen molar-refractivity contribution < 1.29 is 5.11 Å². The molecule has 0 spiro atoms. The zero-order valence-electron chi connectivity index (χ0n) is 6.21. The molecule has 0 aromatic heterocycles. The molecule has 0 bridgehead atoms. The third-order valence-electron chi connectivity index (χ3n) is 2.25. The van der Waals surface area contributed by atoms with Gasteiger partial charge in [0.15, 0.2) is 0 Å². The molecule has 0 radical (unpaired) electrons. The van der Waals surface area contributed by atoms with E-state index in [1.165, 1.54) is 12.8 Å². The van der Waals surface area contributed by atoms with Crippen LogP contribution in [-0.2, 0) is 0 Å². The third kappa shape index (κ3) is 1.75. The summed E-state index contributed by atoms with van der Waals surface area (Å²) >= 11 is 0. The van der Waals surface area contributed by atoms with Crippen LogP contribution in [0.1, 0.15) is 32.1 Å². The molecule has 1 nitrogen and oxygen atoms in total. The van der Waals surface area contributed by atoms with Crippen molar-refractivity contribution >= 4 is 0 Å². The van der Waals surface area contributed by atoms with Gasteiger partial charge in [0.05, 0.1) is 6.10 Å². The van der Waals surface area contributed by atoms with Gasteiger partial charge in [-0.25, -0.2) is 0 Å². The smallest absolute Gasteiger partial charge is 0.0577 e. The van der Waals surface area contributed by atoms with Gasteiger partial charge in [0.1, 0.15) is 0 Å². The Morgan fingerprint density at radius 1 is 1.40 bits per heavy atom. The molecule has 0 aliphatic heterocycles. The van der Waals surface area contributed by atoms with Crippen molar-refractivity contribution in [1.82, 2.24) is 0 Å². The first-order valence-corrected chi connectivity index (χ1v) is 3.96. The van der Waals surface area contributed by atoms with Crippen LogP contribution < -0.4 is 0 Å². The molecular weight excluding hydrogens is 124 g/mol. The lowest BCUT2D eigenvalue weighted by molar-refractivity contribution is 0.0725. The van der Waals surface area contributed by atoms with Gasteiger partial charge in [0.2, 0.25) is 0 Å². The summed E-state index contributed by atoms with van der Waals surface area (Å²) in [6, 6.07) is 0. The highest BCUT2D eigenvalue weighted by Gasteiger charge is 2.21. The zero-order chi connectivity index (χ0) is 7.40. The summed E-state index contributed by atoms with van der Waals surface area (Å²) in [5, 5.41) is 9.40. The number of aliphatic hydroxyl groups excluding tert-OH is 1. The summed E-state index contributed by atoms with van der Waals surface area (Å²) < 4.78 is 0. The van der Waals surface area contributed by atoms with Gasteiger partial charge in [0.25, 0.3) is 0 Å². The molecule has 0 amide bonds. The Hall–Kier alpha value is -0.480. The highest BCUT2D eigenvalue weighted by molar-refractivity contribution is 4.90. The monoisotopic (exact) mass is 138 g/mol. The predicted octanol–water partition coefficient (Wildman–Crippen LogP) is 1.56. The second-order valence-corrected chi connectivity index (χ2v) is 3.02. The van der Waals surface area contributed by atoms with E-state index < -0.39 is 0 Å². The van der Waals surface area contributed by atoms with E-state index in [1.807, 2.05) is 0 Å². The molecule has 0 unspecified atom stereocenters. The van der Waals surface area contributed by atoms with Crippen molar-refractivity contribution in [3.63, 3.8) is 0 Å². The minimum atomic E-state index is -0.121. The highest BCUT2D eigenvalue weighted by Crippen LogP contribution is 2.26. The van der Waals surface area contributed by atoms with E-state index in [0.29, 0.717) is 5.92 Å². The highest BCUT2D eigenvalue weighted by atomic mass is 16.3. The Bertz CT molecular complexity index is 134. The summed E-state index contributed by atoms with van der Waals surface area (Å²) in [6.45, 7) is 0. The SMILES string of the molecule is C#CC[C@H]1CCCC[C@H]1O. The van der Waals surface area contributed by atoms with E-state index in [9.17, 15) is 5.11 Å². The number of hydrogen-bond acceptors (Lipinski definition) is 1. The Balaban J connectivity index is 2.34. The molecule has 1 rings (SSSR count). The van der Waals surface area contributed by atoms with E-state index >= 15 is 0 Å². The predicted molar refractivity (Wildman–Crippen MR) is 41.4 cm³/mol. The Morgan fingerprint density at radius 2 is 2.10 bits per heavy atom. The molecule has 0 saturated heterocycles. The summed E-state index contributed by atoms with van der Waals surface area (Å²) in [6.07, 6.45) is 10.3. The van der Waals surface area contributed by atoms with E-state index in [4.69, 9.17) is 6.42 Å². The summed E-state index contributed by atoms with van der Waals surface area (Å²) in [4.78, 5) is 0. The molecule has 0 heterocycles. The van der Waals surface area contributed by atoms with E-state index in [-0.39, 0.29) is 6.10 Å². The summed E-state index contributed by atoms with van der Waals surface area (Å²) in [5.41, 5.74) is 0. The molecular formula is C9H14O. The van der Waals surface area contributed by atoms with Crippen LogP contribution in [0.2, 0.25) is 0 Å². The number of rotatable bonds is 1. The lowest BCUT2D eigenvalue weighted by atomic mass is 9.85. The van der Waals surface area contributed by atoms with Crippen LogP contribution in [0, 0.1) is 18.3 Å². The molecule has 1 saturated carbocycles. The topological polar surface area (TPSA) is 20.2 Å². The molecule has 2 atom stereocenters. The summed E-state index contributed by atoms with van der Waals surface area (Å²) in [7, 11) is 0. The first kappa shape index (κ1) is 7.63. The van der Waals surface area contributed by atoms with Crippen LogP contribution in [0.15, 0.2) is 0 Å². The normalized spacial score (nSPS) is 33.2. The van der Waals surface area contributed by atoms with E-state index in [2.05, 4.69) is 5.92 Å². The van der Waals surface area contributed by atoms with Gasteiger partial charge in [0, 0.05) is 6.42 Å². The van der Waals surface area contributed by atoms with Crippen molar-refractivity contribution in [2.75, 3.05) is 0 Å². The fraction of sp³-hybridized carbons (Fsp3) is 0.778. The fourth-order valence-corrected chi connectivity index (χ4v) is 1.58. The van der Waals surface area contributed by atoms with E-state index in [0.717, 1.165) is 19.3 Å². The van der Waals surface area contributed by atoms with Crippen LogP contribution in [0.4, 0.5) is 0 Å². The molecule has 0 aromatic carbocycles. The van der Waals surface area contributed by atoms with Crippen molar-refractivity contribution in [2.45, 2.75) is 38.2 Å². The van der Waals surface area contributed by atoms with Gasteiger partial charge in [-0.05, 0) is 18.8 Å². The van der Waals surface area contributed by atoms with Crippen LogP contribution in [0.25, 0.3) is 0 Å². The molecule has 1 fully saturated rings. The molecule has 1 heteroatoms. The molecule has 1 aliphatic carbocycles.